The molecule has 0 N–H and O–H groups in total. The minimum absolute atomic E-state index is 0.335. The van der Waals surface area contributed by atoms with E-state index in [9.17, 15) is 4.39 Å². The fourth-order valence-corrected chi connectivity index (χ4v) is 1.94. The molecule has 0 fully saturated rings. The standard InChI is InChI=1S/C15H21FNPS/c1-4-5-13-7-6-11(2)14(10-13)17-12(3)8-9-15(16,18)19/h4,6-7,10,19H,1,5,8-9,18H2,2-3H3/b17-12+. The van der Waals surface area contributed by atoms with E-state index >= 15 is 0 Å². The van der Waals surface area contributed by atoms with Crippen molar-refractivity contribution in [2.45, 2.75) is 37.9 Å². The van der Waals surface area contributed by atoms with Gasteiger partial charge in [0.2, 0.25) is 0 Å². The van der Waals surface area contributed by atoms with E-state index in [2.05, 4.69) is 51.6 Å². The van der Waals surface area contributed by atoms with E-state index in [4.69, 9.17) is 0 Å². The maximum atomic E-state index is 13.3. The zero-order valence-corrected chi connectivity index (χ0v) is 13.5. The zero-order chi connectivity index (χ0) is 14.5. The van der Waals surface area contributed by atoms with Gasteiger partial charge >= 0.3 is 0 Å². The normalized spacial score (nSPS) is 15.1. The lowest BCUT2D eigenvalue weighted by Crippen LogP contribution is -2.05. The Morgan fingerprint density at radius 3 is 2.84 bits per heavy atom. The van der Waals surface area contributed by atoms with Crippen LogP contribution in [0.25, 0.3) is 0 Å². The molecule has 0 saturated heterocycles. The van der Waals surface area contributed by atoms with Crippen LogP contribution in [0.3, 0.4) is 0 Å². The van der Waals surface area contributed by atoms with Crippen molar-refractivity contribution >= 4 is 33.3 Å². The second-order valence-electron chi connectivity index (χ2n) is 4.78. The molecule has 0 radical (unpaired) electrons. The van der Waals surface area contributed by atoms with E-state index in [0.29, 0.717) is 12.8 Å². The van der Waals surface area contributed by atoms with Crippen molar-refractivity contribution in [2.24, 2.45) is 4.99 Å². The summed E-state index contributed by atoms with van der Waals surface area (Å²) >= 11 is 3.85. The highest BCUT2D eigenvalue weighted by Crippen LogP contribution is 2.31. The minimum atomic E-state index is -1.52. The van der Waals surface area contributed by atoms with E-state index < -0.39 is 4.74 Å². The summed E-state index contributed by atoms with van der Waals surface area (Å²) in [5.74, 6) is 0. The number of halogens is 1. The first-order valence-electron chi connectivity index (χ1n) is 6.26. The van der Waals surface area contributed by atoms with Gasteiger partial charge in [0.25, 0.3) is 0 Å². The zero-order valence-electron chi connectivity index (χ0n) is 11.5. The van der Waals surface area contributed by atoms with Crippen molar-refractivity contribution < 1.29 is 4.39 Å². The molecule has 0 amide bonds. The highest BCUT2D eigenvalue weighted by molar-refractivity contribution is 7.86. The molecule has 1 aromatic rings. The molecule has 2 unspecified atom stereocenters. The van der Waals surface area contributed by atoms with Gasteiger partial charge in [0.1, 0.15) is 0 Å². The summed E-state index contributed by atoms with van der Waals surface area (Å²) in [5, 5.41) is 0. The van der Waals surface area contributed by atoms with Gasteiger partial charge in [0, 0.05) is 5.71 Å². The highest BCUT2D eigenvalue weighted by Gasteiger charge is 2.16. The van der Waals surface area contributed by atoms with Crippen molar-refractivity contribution in [3.63, 3.8) is 0 Å². The fourth-order valence-electron chi connectivity index (χ4n) is 1.69. The third kappa shape index (κ3) is 6.35. The Morgan fingerprint density at radius 2 is 2.26 bits per heavy atom. The molecule has 0 spiro atoms. The van der Waals surface area contributed by atoms with Gasteiger partial charge in [-0.25, -0.2) is 4.39 Å². The third-order valence-corrected chi connectivity index (χ3v) is 3.31. The van der Waals surface area contributed by atoms with Gasteiger partial charge in [0.05, 0.1) is 5.69 Å². The maximum absolute atomic E-state index is 13.3. The number of aryl methyl sites for hydroxylation is 1. The molecule has 0 heterocycles. The van der Waals surface area contributed by atoms with Crippen molar-refractivity contribution in [1.29, 1.82) is 0 Å². The second-order valence-corrected chi connectivity index (χ2v) is 6.92. The summed E-state index contributed by atoms with van der Waals surface area (Å²) in [6.45, 7) is 7.68. The van der Waals surface area contributed by atoms with Crippen LogP contribution in [0.1, 0.15) is 30.9 Å². The fraction of sp³-hybridized carbons (Fsp3) is 0.400. The maximum Gasteiger partial charge on any atom is 0.166 e. The van der Waals surface area contributed by atoms with Gasteiger partial charge < -0.3 is 0 Å². The van der Waals surface area contributed by atoms with Crippen LogP contribution in [0, 0.1) is 6.92 Å². The molecule has 0 aliphatic heterocycles. The van der Waals surface area contributed by atoms with Crippen molar-refractivity contribution in [2.75, 3.05) is 0 Å². The predicted octanol–water partition coefficient (Wildman–Crippen LogP) is 5.02. The Kier molecular flexibility index (Phi) is 6.22. The Bertz CT molecular complexity index is 478. The molecule has 4 heteroatoms. The van der Waals surface area contributed by atoms with E-state index in [1.54, 1.807) is 0 Å². The number of benzene rings is 1. The van der Waals surface area contributed by atoms with Crippen molar-refractivity contribution in [3.05, 3.63) is 42.0 Å². The number of thiol groups is 1. The van der Waals surface area contributed by atoms with Gasteiger partial charge in [0.15, 0.2) is 4.74 Å². The van der Waals surface area contributed by atoms with Crippen LogP contribution in [0.15, 0.2) is 35.8 Å². The average molecular weight is 297 g/mol. The number of nitrogens with zero attached hydrogens (tertiary/aromatic N) is 1. The van der Waals surface area contributed by atoms with Crippen LogP contribution in [0.4, 0.5) is 10.1 Å². The van der Waals surface area contributed by atoms with Crippen LogP contribution in [-0.4, -0.2) is 10.5 Å². The molecule has 19 heavy (non-hydrogen) atoms. The second kappa shape index (κ2) is 7.21. The van der Waals surface area contributed by atoms with E-state index in [0.717, 1.165) is 23.4 Å². The van der Waals surface area contributed by atoms with Crippen LogP contribution in [-0.2, 0) is 6.42 Å². The molecule has 2 atom stereocenters. The topological polar surface area (TPSA) is 12.4 Å². The van der Waals surface area contributed by atoms with Crippen molar-refractivity contribution in [1.82, 2.24) is 0 Å². The van der Waals surface area contributed by atoms with Crippen LogP contribution < -0.4 is 0 Å². The van der Waals surface area contributed by atoms with Gasteiger partial charge in [-0.05, 0) is 50.3 Å². The predicted molar refractivity (Wildman–Crippen MR) is 89.6 cm³/mol. The third-order valence-electron chi connectivity index (χ3n) is 2.80. The van der Waals surface area contributed by atoms with Gasteiger partial charge in [-0.3, -0.25) is 4.99 Å². The molecule has 1 aromatic carbocycles. The van der Waals surface area contributed by atoms with Crippen molar-refractivity contribution in [3.8, 4) is 0 Å². The lowest BCUT2D eigenvalue weighted by molar-refractivity contribution is 0.397. The van der Waals surface area contributed by atoms with E-state index in [1.165, 1.54) is 5.56 Å². The lowest BCUT2D eigenvalue weighted by Gasteiger charge is -2.12. The molecule has 0 aliphatic rings. The summed E-state index contributed by atoms with van der Waals surface area (Å²) in [4.78, 5) is 4.58. The SMILES string of the molecule is C=CCc1ccc(C)c(/N=C(\C)CCC(F)(P)S)c1. The summed E-state index contributed by atoms with van der Waals surface area (Å²) in [6, 6.07) is 6.19. The van der Waals surface area contributed by atoms with Gasteiger partial charge in [-0.15, -0.1) is 19.2 Å². The summed E-state index contributed by atoms with van der Waals surface area (Å²) in [7, 11) is 2.09. The van der Waals surface area contributed by atoms with E-state index in [1.807, 2.05) is 19.9 Å². The molecule has 0 bridgehead atoms. The molecule has 1 rings (SSSR count). The highest BCUT2D eigenvalue weighted by atomic mass is 32.1. The smallest absolute Gasteiger partial charge is 0.166 e. The van der Waals surface area contributed by atoms with Crippen LogP contribution in [0.5, 0.6) is 0 Å². The summed E-state index contributed by atoms with van der Waals surface area (Å²) in [6.07, 6.45) is 3.63. The monoisotopic (exact) mass is 297 g/mol. The van der Waals surface area contributed by atoms with Crippen LogP contribution in [0.2, 0.25) is 0 Å². The lowest BCUT2D eigenvalue weighted by atomic mass is 10.1. The summed E-state index contributed by atoms with van der Waals surface area (Å²) < 4.78 is 11.8. The van der Waals surface area contributed by atoms with Crippen LogP contribution >= 0.6 is 21.9 Å². The first kappa shape index (κ1) is 16.4. The molecule has 0 saturated carbocycles. The number of rotatable bonds is 6. The number of aliphatic imine (C=N–C) groups is 1. The number of hydrogen-bond acceptors (Lipinski definition) is 2. The van der Waals surface area contributed by atoms with Gasteiger partial charge in [-0.1, -0.05) is 27.4 Å². The molecule has 0 aliphatic carbocycles. The number of allylic oxidation sites excluding steroid dienone is 1. The minimum Gasteiger partial charge on any atom is -0.258 e. The Hall–Kier alpha value is -0.660. The van der Waals surface area contributed by atoms with E-state index in [-0.39, 0.29) is 0 Å². The largest absolute Gasteiger partial charge is 0.258 e. The Labute approximate surface area is 123 Å². The molecular formula is C15H21FNPS. The summed E-state index contributed by atoms with van der Waals surface area (Å²) in [5.41, 5.74) is 4.17. The first-order chi connectivity index (χ1) is 8.81. The number of alkyl halides is 1. The average Bonchev–Trinajstić information content (AvgIpc) is 2.30. The Morgan fingerprint density at radius 1 is 1.58 bits per heavy atom. The quantitative estimate of drug-likeness (QED) is 0.327. The number of hydrogen-bond donors (Lipinski definition) is 1. The molecule has 0 aromatic heterocycles. The van der Waals surface area contributed by atoms with Gasteiger partial charge in [-0.2, -0.15) is 0 Å². The molecule has 104 valence electrons. The Balaban J connectivity index is 2.84. The molecule has 1 nitrogen and oxygen atoms in total. The first-order valence-corrected chi connectivity index (χ1v) is 7.29. The molecular weight excluding hydrogens is 276 g/mol.